The van der Waals surface area contributed by atoms with Gasteiger partial charge in [0.05, 0.1) is 11.7 Å². The molecule has 0 fully saturated rings. The molecule has 0 aliphatic carbocycles. The first-order chi connectivity index (χ1) is 9.61. The van der Waals surface area contributed by atoms with Crippen molar-refractivity contribution in [3.63, 3.8) is 0 Å². The number of nitrogens with zero attached hydrogens (tertiary/aromatic N) is 2. The molecule has 0 saturated heterocycles. The van der Waals surface area contributed by atoms with Crippen LogP contribution in [-0.2, 0) is 4.79 Å². The fourth-order valence-electron chi connectivity index (χ4n) is 1.90. The second-order valence-corrected chi connectivity index (χ2v) is 4.91. The fraction of sp³-hybridized carbons (Fsp3) is 0.333. The zero-order chi connectivity index (χ0) is 14.5. The lowest BCUT2D eigenvalue weighted by Crippen LogP contribution is -2.34. The number of hydrogen-bond donors (Lipinski definition) is 2. The highest BCUT2D eigenvalue weighted by Gasteiger charge is 2.15. The Morgan fingerprint density at radius 3 is 2.76 bits per heavy atom. The van der Waals surface area contributed by atoms with Gasteiger partial charge in [-0.05, 0) is 30.7 Å². The minimum absolute atomic E-state index is 0. The summed E-state index contributed by atoms with van der Waals surface area (Å²) in [4.78, 5) is 11.9. The number of hydrogen-bond acceptors (Lipinski definition) is 3. The highest BCUT2D eigenvalue weighted by molar-refractivity contribution is 5.85. The Labute approximate surface area is 130 Å². The van der Waals surface area contributed by atoms with E-state index >= 15 is 0 Å². The van der Waals surface area contributed by atoms with Crippen LogP contribution >= 0.6 is 12.4 Å². The van der Waals surface area contributed by atoms with Gasteiger partial charge in [0.1, 0.15) is 0 Å². The number of benzene rings is 1. The largest absolute Gasteiger partial charge is 0.349 e. The van der Waals surface area contributed by atoms with E-state index < -0.39 is 0 Å². The van der Waals surface area contributed by atoms with Crippen LogP contribution in [0.25, 0.3) is 5.69 Å². The van der Waals surface area contributed by atoms with E-state index in [9.17, 15) is 4.79 Å². The number of halogens is 1. The van der Waals surface area contributed by atoms with E-state index in [4.69, 9.17) is 5.73 Å². The van der Waals surface area contributed by atoms with Crippen molar-refractivity contribution in [3.05, 3.63) is 48.3 Å². The monoisotopic (exact) mass is 308 g/mol. The van der Waals surface area contributed by atoms with Gasteiger partial charge in [0, 0.05) is 24.9 Å². The molecule has 2 unspecified atom stereocenters. The van der Waals surface area contributed by atoms with Gasteiger partial charge in [0.25, 0.3) is 0 Å². The summed E-state index contributed by atoms with van der Waals surface area (Å²) in [6.45, 7) is 4.14. The van der Waals surface area contributed by atoms with Gasteiger partial charge < -0.3 is 11.1 Å². The summed E-state index contributed by atoms with van der Waals surface area (Å²) in [6, 6.07) is 9.76. The molecule has 1 amide bonds. The molecule has 2 rings (SSSR count). The minimum atomic E-state index is -0.174. The normalized spacial score (nSPS) is 13.1. The van der Waals surface area contributed by atoms with Crippen LogP contribution in [0.2, 0.25) is 0 Å². The van der Waals surface area contributed by atoms with E-state index in [-0.39, 0.29) is 30.3 Å². The Bertz CT molecular complexity index is 571. The molecule has 0 saturated carbocycles. The van der Waals surface area contributed by atoms with Crippen molar-refractivity contribution in [1.82, 2.24) is 15.1 Å². The van der Waals surface area contributed by atoms with Gasteiger partial charge in [-0.2, -0.15) is 5.10 Å². The lowest BCUT2D eigenvalue weighted by atomic mass is 10.1. The maximum absolute atomic E-state index is 11.9. The predicted molar refractivity (Wildman–Crippen MR) is 85.6 cm³/mol. The average molecular weight is 309 g/mol. The molecule has 0 aliphatic heterocycles. The smallest absolute Gasteiger partial charge is 0.224 e. The zero-order valence-electron chi connectivity index (χ0n) is 12.2. The molecule has 1 aromatic heterocycles. The van der Waals surface area contributed by atoms with Gasteiger partial charge in [0.15, 0.2) is 0 Å². The molecule has 2 aromatic rings. The Balaban J connectivity index is 0.00000220. The molecule has 114 valence electrons. The molecule has 0 spiro atoms. The van der Waals surface area contributed by atoms with Crippen LogP contribution in [0.4, 0.5) is 0 Å². The first kappa shape index (κ1) is 17.2. The SMILES string of the molecule is CC(CN)C(=O)NC(C)c1cccc(-n2cccn2)c1.Cl. The molecule has 1 aromatic carbocycles. The average Bonchev–Trinajstić information content (AvgIpc) is 3.00. The van der Waals surface area contributed by atoms with Crippen LogP contribution < -0.4 is 11.1 Å². The Kier molecular flexibility index (Phi) is 6.39. The summed E-state index contributed by atoms with van der Waals surface area (Å²) in [5.74, 6) is -0.198. The van der Waals surface area contributed by atoms with Crippen molar-refractivity contribution in [1.29, 1.82) is 0 Å². The van der Waals surface area contributed by atoms with Crippen LogP contribution in [0.5, 0.6) is 0 Å². The Morgan fingerprint density at radius 1 is 1.38 bits per heavy atom. The van der Waals surface area contributed by atoms with E-state index in [2.05, 4.69) is 10.4 Å². The third-order valence-electron chi connectivity index (χ3n) is 3.30. The number of rotatable bonds is 5. The van der Waals surface area contributed by atoms with Crippen LogP contribution in [0.1, 0.15) is 25.5 Å². The quantitative estimate of drug-likeness (QED) is 0.888. The standard InChI is InChI=1S/C15H20N4O.ClH/c1-11(10-16)15(20)18-12(2)13-5-3-6-14(9-13)19-8-4-7-17-19;/h3-9,11-12H,10,16H2,1-2H3,(H,18,20);1H. The summed E-state index contributed by atoms with van der Waals surface area (Å²) < 4.78 is 1.79. The minimum Gasteiger partial charge on any atom is -0.349 e. The van der Waals surface area contributed by atoms with Gasteiger partial charge in [0.2, 0.25) is 5.91 Å². The lowest BCUT2D eigenvalue weighted by molar-refractivity contribution is -0.124. The number of aromatic nitrogens is 2. The van der Waals surface area contributed by atoms with Crippen molar-refractivity contribution < 1.29 is 4.79 Å². The van der Waals surface area contributed by atoms with E-state index in [1.807, 2.05) is 50.4 Å². The molecular weight excluding hydrogens is 288 g/mol. The molecule has 3 N–H and O–H groups in total. The number of nitrogens with one attached hydrogen (secondary N) is 1. The molecule has 21 heavy (non-hydrogen) atoms. The van der Waals surface area contributed by atoms with Crippen LogP contribution in [0.3, 0.4) is 0 Å². The van der Waals surface area contributed by atoms with Crippen LogP contribution in [0, 0.1) is 5.92 Å². The number of amides is 1. The molecule has 0 bridgehead atoms. The van der Waals surface area contributed by atoms with E-state index in [1.165, 1.54) is 0 Å². The first-order valence-corrected chi connectivity index (χ1v) is 6.72. The summed E-state index contributed by atoms with van der Waals surface area (Å²) in [6.07, 6.45) is 3.62. The highest BCUT2D eigenvalue weighted by Crippen LogP contribution is 2.16. The lowest BCUT2D eigenvalue weighted by Gasteiger charge is -2.17. The van der Waals surface area contributed by atoms with Crippen molar-refractivity contribution in [2.45, 2.75) is 19.9 Å². The topological polar surface area (TPSA) is 72.9 Å². The zero-order valence-corrected chi connectivity index (χ0v) is 13.0. The summed E-state index contributed by atoms with van der Waals surface area (Å²) >= 11 is 0. The number of carbonyl (C=O) groups excluding carboxylic acids is 1. The molecule has 1 heterocycles. The van der Waals surface area contributed by atoms with Gasteiger partial charge in [-0.25, -0.2) is 4.68 Å². The summed E-state index contributed by atoms with van der Waals surface area (Å²) in [7, 11) is 0. The summed E-state index contributed by atoms with van der Waals surface area (Å²) in [5, 5.41) is 7.17. The Morgan fingerprint density at radius 2 is 2.14 bits per heavy atom. The van der Waals surface area contributed by atoms with Crippen LogP contribution in [0.15, 0.2) is 42.7 Å². The molecule has 0 aliphatic rings. The molecule has 6 heteroatoms. The third kappa shape index (κ3) is 4.31. The Hall–Kier alpha value is -1.85. The van der Waals surface area contributed by atoms with Gasteiger partial charge >= 0.3 is 0 Å². The van der Waals surface area contributed by atoms with Crippen molar-refractivity contribution >= 4 is 18.3 Å². The maximum atomic E-state index is 11.9. The molecule has 0 radical (unpaired) electrons. The van der Waals surface area contributed by atoms with Gasteiger partial charge in [-0.1, -0.05) is 19.1 Å². The molecule has 2 atom stereocenters. The highest BCUT2D eigenvalue weighted by atomic mass is 35.5. The predicted octanol–water partition coefficient (Wildman–Crippen LogP) is 2.07. The van der Waals surface area contributed by atoms with Crippen molar-refractivity contribution in [2.75, 3.05) is 6.54 Å². The molecular formula is C15H21ClN4O. The van der Waals surface area contributed by atoms with Crippen LogP contribution in [-0.4, -0.2) is 22.2 Å². The van der Waals surface area contributed by atoms with E-state index in [0.717, 1.165) is 11.3 Å². The van der Waals surface area contributed by atoms with E-state index in [0.29, 0.717) is 6.54 Å². The number of nitrogens with two attached hydrogens (primary N) is 1. The van der Waals surface area contributed by atoms with Crippen molar-refractivity contribution in [3.8, 4) is 5.69 Å². The third-order valence-corrected chi connectivity index (χ3v) is 3.30. The first-order valence-electron chi connectivity index (χ1n) is 6.72. The molecule has 5 nitrogen and oxygen atoms in total. The van der Waals surface area contributed by atoms with Crippen molar-refractivity contribution in [2.24, 2.45) is 11.7 Å². The number of carbonyl (C=O) groups is 1. The fourth-order valence-corrected chi connectivity index (χ4v) is 1.90. The summed E-state index contributed by atoms with van der Waals surface area (Å²) in [5.41, 5.74) is 7.51. The second-order valence-electron chi connectivity index (χ2n) is 4.91. The van der Waals surface area contributed by atoms with Gasteiger partial charge in [-0.15, -0.1) is 12.4 Å². The maximum Gasteiger partial charge on any atom is 0.224 e. The second kappa shape index (κ2) is 7.81. The van der Waals surface area contributed by atoms with Gasteiger partial charge in [-0.3, -0.25) is 4.79 Å². The van der Waals surface area contributed by atoms with E-state index in [1.54, 1.807) is 10.9 Å².